The molecule has 2 aromatic carbocycles. The lowest BCUT2D eigenvalue weighted by Crippen LogP contribution is -2.08. The number of imidazole rings is 1. The van der Waals surface area contributed by atoms with Gasteiger partial charge in [-0.2, -0.15) is 0 Å². The van der Waals surface area contributed by atoms with Gasteiger partial charge in [-0.15, -0.1) is 0 Å². The van der Waals surface area contributed by atoms with Crippen LogP contribution in [0.3, 0.4) is 0 Å². The summed E-state index contributed by atoms with van der Waals surface area (Å²) >= 11 is 14.4. The van der Waals surface area contributed by atoms with E-state index in [-0.39, 0.29) is 5.92 Å². The predicted octanol–water partition coefficient (Wildman–Crippen LogP) is 9.55. The summed E-state index contributed by atoms with van der Waals surface area (Å²) in [5, 5.41) is 2.38. The quantitative estimate of drug-likeness (QED) is 0.208. The predicted molar refractivity (Wildman–Crippen MR) is 157 cm³/mol. The van der Waals surface area contributed by atoms with Crippen LogP contribution in [0.15, 0.2) is 64.8 Å². The molecule has 0 bridgehead atoms. The van der Waals surface area contributed by atoms with Gasteiger partial charge in [0.25, 0.3) is 0 Å². The SMILES string of the molecule is CC(C)c1[c]c(C(C)C)cc(Cc2nc(C(C)C)c(Sc3cc(Cl)cc(Cl)c3)n2Cc2ccncc2)c1. The molecular formula is C31H34Cl2N3S. The number of hydrogen-bond donors (Lipinski definition) is 0. The molecule has 0 aliphatic rings. The highest BCUT2D eigenvalue weighted by molar-refractivity contribution is 7.99. The summed E-state index contributed by atoms with van der Waals surface area (Å²) in [6, 6.07) is 18.0. The number of rotatable bonds is 9. The van der Waals surface area contributed by atoms with Gasteiger partial charge in [-0.25, -0.2) is 4.98 Å². The fourth-order valence-corrected chi connectivity index (χ4v) is 6.16. The highest BCUT2D eigenvalue weighted by Crippen LogP contribution is 2.38. The van der Waals surface area contributed by atoms with E-state index in [1.807, 2.05) is 24.5 Å². The van der Waals surface area contributed by atoms with Crippen LogP contribution in [0, 0.1) is 6.07 Å². The van der Waals surface area contributed by atoms with Crippen LogP contribution < -0.4 is 0 Å². The van der Waals surface area contributed by atoms with Gasteiger partial charge in [-0.3, -0.25) is 4.98 Å². The number of aromatic nitrogens is 3. The lowest BCUT2D eigenvalue weighted by Gasteiger charge is -2.16. The molecule has 3 nitrogen and oxygen atoms in total. The van der Waals surface area contributed by atoms with Gasteiger partial charge < -0.3 is 4.57 Å². The Balaban J connectivity index is 1.84. The average molecular weight is 552 g/mol. The monoisotopic (exact) mass is 550 g/mol. The van der Waals surface area contributed by atoms with Gasteiger partial charge in [0.1, 0.15) is 10.9 Å². The molecule has 2 aromatic heterocycles. The smallest absolute Gasteiger partial charge is 0.114 e. The zero-order valence-corrected chi connectivity index (χ0v) is 24.7. The van der Waals surface area contributed by atoms with Crippen molar-refractivity contribution in [2.24, 2.45) is 0 Å². The standard InChI is InChI=1S/C31H34Cl2N3S/c1-19(2)24-11-23(12-25(14-24)20(3)4)13-29-35-30(21(5)6)31(36(29)18-22-7-9-34-10-8-22)37-28-16-26(32)15-27(33)17-28/h7-12,15-17,19-21H,13,18H2,1-6H3. The van der Waals surface area contributed by atoms with Gasteiger partial charge >= 0.3 is 0 Å². The van der Waals surface area contributed by atoms with Crippen LogP contribution in [-0.4, -0.2) is 14.5 Å². The summed E-state index contributed by atoms with van der Waals surface area (Å²) in [6.07, 6.45) is 4.43. The molecule has 0 unspecified atom stereocenters. The van der Waals surface area contributed by atoms with E-state index in [0.717, 1.165) is 27.9 Å². The van der Waals surface area contributed by atoms with Crippen molar-refractivity contribution < 1.29 is 0 Å². The number of halogens is 2. The molecule has 0 amide bonds. The molecule has 4 rings (SSSR count). The molecule has 1 radical (unpaired) electrons. The van der Waals surface area contributed by atoms with E-state index in [2.05, 4.69) is 81.4 Å². The summed E-state index contributed by atoms with van der Waals surface area (Å²) in [4.78, 5) is 10.5. The van der Waals surface area contributed by atoms with Crippen molar-refractivity contribution in [1.29, 1.82) is 0 Å². The summed E-state index contributed by atoms with van der Waals surface area (Å²) in [5.41, 5.74) is 6.04. The fourth-order valence-electron chi connectivity index (χ4n) is 4.24. The van der Waals surface area contributed by atoms with Gasteiger partial charge in [0, 0.05) is 40.3 Å². The second-order valence-corrected chi connectivity index (χ2v) is 12.3. The van der Waals surface area contributed by atoms with Crippen LogP contribution in [0.25, 0.3) is 0 Å². The van der Waals surface area contributed by atoms with Crippen molar-refractivity contribution >= 4 is 35.0 Å². The molecule has 0 aliphatic carbocycles. The van der Waals surface area contributed by atoms with Crippen LogP contribution in [0.1, 0.15) is 93.1 Å². The zero-order chi connectivity index (χ0) is 26.7. The van der Waals surface area contributed by atoms with Crippen molar-refractivity contribution in [2.75, 3.05) is 0 Å². The van der Waals surface area contributed by atoms with Gasteiger partial charge in [-0.1, -0.05) is 88.6 Å². The minimum atomic E-state index is 0.260. The Morgan fingerprint density at radius 3 is 1.95 bits per heavy atom. The van der Waals surface area contributed by atoms with Crippen LogP contribution in [0.4, 0.5) is 0 Å². The number of hydrogen-bond acceptors (Lipinski definition) is 3. The van der Waals surface area contributed by atoms with Crippen LogP contribution in [0.2, 0.25) is 10.0 Å². The molecule has 37 heavy (non-hydrogen) atoms. The third-order valence-corrected chi connectivity index (χ3v) is 7.82. The molecule has 0 spiro atoms. The summed E-state index contributed by atoms with van der Waals surface area (Å²) in [5.74, 6) is 2.14. The first-order valence-corrected chi connectivity index (χ1v) is 14.4. The van der Waals surface area contributed by atoms with Gasteiger partial charge in [-0.05, 0) is 76.4 Å². The minimum Gasteiger partial charge on any atom is -0.318 e. The van der Waals surface area contributed by atoms with Crippen molar-refractivity contribution in [1.82, 2.24) is 14.5 Å². The lowest BCUT2D eigenvalue weighted by molar-refractivity contribution is 0.676. The Morgan fingerprint density at radius 2 is 1.41 bits per heavy atom. The Morgan fingerprint density at radius 1 is 0.811 bits per heavy atom. The topological polar surface area (TPSA) is 30.7 Å². The van der Waals surface area contributed by atoms with E-state index in [9.17, 15) is 0 Å². The molecule has 0 saturated heterocycles. The zero-order valence-electron chi connectivity index (χ0n) is 22.3. The summed E-state index contributed by atoms with van der Waals surface area (Å²) in [6.45, 7) is 14.0. The van der Waals surface area contributed by atoms with Crippen molar-refractivity contribution in [2.45, 2.75) is 82.2 Å². The summed E-state index contributed by atoms with van der Waals surface area (Å²) in [7, 11) is 0. The number of nitrogens with zero attached hydrogens (tertiary/aromatic N) is 3. The van der Waals surface area contributed by atoms with Gasteiger partial charge in [0.05, 0.1) is 5.69 Å². The van der Waals surface area contributed by atoms with Crippen molar-refractivity contribution in [3.8, 4) is 0 Å². The van der Waals surface area contributed by atoms with E-state index in [1.165, 1.54) is 22.3 Å². The lowest BCUT2D eigenvalue weighted by atomic mass is 9.92. The second-order valence-electron chi connectivity index (χ2n) is 10.4. The van der Waals surface area contributed by atoms with Crippen LogP contribution in [0.5, 0.6) is 0 Å². The molecule has 6 heteroatoms. The van der Waals surface area contributed by atoms with Gasteiger partial charge in [0.2, 0.25) is 0 Å². The Labute approximate surface area is 235 Å². The van der Waals surface area contributed by atoms with Crippen LogP contribution >= 0.6 is 35.0 Å². The molecule has 4 aromatic rings. The molecule has 0 aliphatic heterocycles. The van der Waals surface area contributed by atoms with Crippen LogP contribution in [-0.2, 0) is 13.0 Å². The number of pyridine rings is 1. The molecular weight excluding hydrogens is 517 g/mol. The number of benzene rings is 2. The largest absolute Gasteiger partial charge is 0.318 e. The third kappa shape index (κ3) is 6.98. The van der Waals surface area contributed by atoms with Crippen molar-refractivity contribution in [3.05, 3.63) is 105 Å². The van der Waals surface area contributed by atoms with E-state index in [1.54, 1.807) is 17.8 Å². The Bertz CT molecular complexity index is 1310. The first kappa shape index (κ1) is 27.8. The molecule has 193 valence electrons. The maximum atomic E-state index is 6.35. The highest BCUT2D eigenvalue weighted by Gasteiger charge is 2.22. The molecule has 0 N–H and O–H groups in total. The normalized spacial score (nSPS) is 11.8. The van der Waals surface area contributed by atoms with Gasteiger partial charge in [0.15, 0.2) is 0 Å². The highest BCUT2D eigenvalue weighted by atomic mass is 35.5. The van der Waals surface area contributed by atoms with E-state index >= 15 is 0 Å². The molecule has 0 atom stereocenters. The summed E-state index contributed by atoms with van der Waals surface area (Å²) < 4.78 is 2.35. The minimum absolute atomic E-state index is 0.260. The maximum Gasteiger partial charge on any atom is 0.114 e. The van der Waals surface area contributed by atoms with E-state index in [4.69, 9.17) is 28.2 Å². The molecule has 2 heterocycles. The molecule has 0 saturated carbocycles. The van der Waals surface area contributed by atoms with E-state index < -0.39 is 0 Å². The molecule has 0 fully saturated rings. The van der Waals surface area contributed by atoms with E-state index in [0.29, 0.717) is 28.4 Å². The first-order valence-electron chi connectivity index (χ1n) is 12.8. The second kappa shape index (κ2) is 12.1. The first-order chi connectivity index (χ1) is 17.6. The maximum absolute atomic E-state index is 6.35. The van der Waals surface area contributed by atoms with Crippen molar-refractivity contribution in [3.63, 3.8) is 0 Å². The average Bonchev–Trinajstić information content (AvgIpc) is 3.15. The fraction of sp³-hybridized carbons (Fsp3) is 0.355. The Hall–Kier alpha value is -2.27. The Kier molecular flexibility index (Phi) is 9.05. The third-order valence-electron chi connectivity index (χ3n) is 6.29.